The third-order valence-corrected chi connectivity index (χ3v) is 2.89. The van der Waals surface area contributed by atoms with Crippen molar-refractivity contribution in [2.24, 2.45) is 5.92 Å². The average Bonchev–Trinajstić information content (AvgIpc) is 2.35. The fourth-order valence-corrected chi connectivity index (χ4v) is 1.85. The number of hydrogen-bond donors (Lipinski definition) is 0. The zero-order chi connectivity index (χ0) is 12.3. The van der Waals surface area contributed by atoms with Crippen LogP contribution in [0.5, 0.6) is 0 Å². The Labute approximate surface area is 102 Å². The van der Waals surface area contributed by atoms with E-state index in [4.69, 9.17) is 5.26 Å². The van der Waals surface area contributed by atoms with Crippen LogP contribution in [-0.2, 0) is 6.42 Å². The van der Waals surface area contributed by atoms with Crippen LogP contribution in [-0.4, -0.2) is 4.98 Å². The Morgan fingerprint density at radius 1 is 1.29 bits per heavy atom. The summed E-state index contributed by atoms with van der Waals surface area (Å²) in [4.78, 5) is 4.27. The van der Waals surface area contributed by atoms with Crippen LogP contribution in [0.2, 0.25) is 0 Å². The smallest absolute Gasteiger partial charge is 0.101 e. The van der Waals surface area contributed by atoms with E-state index in [9.17, 15) is 0 Å². The second-order valence-electron chi connectivity index (χ2n) is 4.80. The molecule has 17 heavy (non-hydrogen) atoms. The van der Waals surface area contributed by atoms with Crippen LogP contribution in [0.4, 0.5) is 0 Å². The van der Waals surface area contributed by atoms with Gasteiger partial charge in [-0.05, 0) is 42.5 Å². The third kappa shape index (κ3) is 2.82. The van der Waals surface area contributed by atoms with E-state index in [1.165, 1.54) is 12.0 Å². The molecule has 0 saturated heterocycles. The highest BCUT2D eigenvalue weighted by Crippen LogP contribution is 2.17. The highest BCUT2D eigenvalue weighted by Gasteiger charge is 2.01. The fourth-order valence-electron chi connectivity index (χ4n) is 1.85. The monoisotopic (exact) mass is 224 g/mol. The lowest BCUT2D eigenvalue weighted by molar-refractivity contribution is 0.587. The average molecular weight is 224 g/mol. The first-order valence-corrected chi connectivity index (χ1v) is 5.98. The van der Waals surface area contributed by atoms with Crippen molar-refractivity contribution >= 4 is 10.9 Å². The molecule has 1 heterocycles. The highest BCUT2D eigenvalue weighted by molar-refractivity contribution is 5.80. The number of nitrogens with zero attached hydrogens (tertiary/aromatic N) is 2. The lowest BCUT2D eigenvalue weighted by atomic mass is 10.0. The number of aryl methyl sites for hydroxylation is 1. The first kappa shape index (κ1) is 11.6. The summed E-state index contributed by atoms with van der Waals surface area (Å²) in [5, 5.41) is 9.91. The molecule has 0 aliphatic rings. The summed E-state index contributed by atoms with van der Waals surface area (Å²) in [6.45, 7) is 4.47. The SMILES string of the molecule is CC(C)CCc1ccc2ncc(C#N)cc2c1. The number of aromatic nitrogens is 1. The molecule has 0 aliphatic heterocycles. The van der Waals surface area contributed by atoms with Crippen molar-refractivity contribution in [2.45, 2.75) is 26.7 Å². The molecule has 1 aromatic carbocycles. The van der Waals surface area contributed by atoms with Gasteiger partial charge in [0.15, 0.2) is 0 Å². The van der Waals surface area contributed by atoms with Crippen LogP contribution in [0.25, 0.3) is 10.9 Å². The number of rotatable bonds is 3. The van der Waals surface area contributed by atoms with E-state index in [1.54, 1.807) is 6.20 Å². The van der Waals surface area contributed by atoms with Crippen LogP contribution in [0.1, 0.15) is 31.4 Å². The van der Waals surface area contributed by atoms with Crippen molar-refractivity contribution in [1.82, 2.24) is 4.98 Å². The quantitative estimate of drug-likeness (QED) is 0.797. The molecule has 0 amide bonds. The first-order chi connectivity index (χ1) is 8.19. The Bertz CT molecular complexity index is 565. The van der Waals surface area contributed by atoms with Crippen LogP contribution in [0.15, 0.2) is 30.5 Å². The van der Waals surface area contributed by atoms with Gasteiger partial charge in [-0.3, -0.25) is 4.98 Å². The molecule has 0 fully saturated rings. The van der Waals surface area contributed by atoms with Gasteiger partial charge in [0.05, 0.1) is 11.1 Å². The van der Waals surface area contributed by atoms with Crippen LogP contribution in [0.3, 0.4) is 0 Å². The topological polar surface area (TPSA) is 36.7 Å². The molecule has 0 bridgehead atoms. The molecule has 2 aromatic rings. The second kappa shape index (κ2) is 4.97. The largest absolute Gasteiger partial charge is 0.255 e. The predicted molar refractivity (Wildman–Crippen MR) is 69.6 cm³/mol. The van der Waals surface area contributed by atoms with E-state index in [1.807, 2.05) is 12.1 Å². The molecule has 2 heteroatoms. The Hall–Kier alpha value is -1.88. The molecule has 2 rings (SSSR count). The van der Waals surface area contributed by atoms with Gasteiger partial charge < -0.3 is 0 Å². The van der Waals surface area contributed by atoms with Gasteiger partial charge in [-0.25, -0.2) is 0 Å². The number of pyridine rings is 1. The van der Waals surface area contributed by atoms with Gasteiger partial charge in [0.25, 0.3) is 0 Å². The number of nitriles is 1. The van der Waals surface area contributed by atoms with Gasteiger partial charge in [0.2, 0.25) is 0 Å². The lowest BCUT2D eigenvalue weighted by Crippen LogP contribution is -1.92. The van der Waals surface area contributed by atoms with Crippen LogP contribution >= 0.6 is 0 Å². The van der Waals surface area contributed by atoms with E-state index >= 15 is 0 Å². The summed E-state index contributed by atoms with van der Waals surface area (Å²) >= 11 is 0. The standard InChI is InChI=1S/C15H16N2/c1-11(2)3-4-12-5-6-15-14(7-12)8-13(9-16)10-17-15/h5-8,10-11H,3-4H2,1-2H3. The molecule has 0 radical (unpaired) electrons. The molecule has 86 valence electrons. The van der Waals surface area contributed by atoms with E-state index in [2.05, 4.69) is 37.0 Å². The first-order valence-electron chi connectivity index (χ1n) is 5.98. The van der Waals surface area contributed by atoms with Gasteiger partial charge in [0, 0.05) is 11.6 Å². The minimum absolute atomic E-state index is 0.624. The molecule has 2 nitrogen and oxygen atoms in total. The van der Waals surface area contributed by atoms with Gasteiger partial charge in [-0.2, -0.15) is 5.26 Å². The Morgan fingerprint density at radius 3 is 2.82 bits per heavy atom. The maximum atomic E-state index is 8.85. The summed E-state index contributed by atoms with van der Waals surface area (Å²) < 4.78 is 0. The third-order valence-electron chi connectivity index (χ3n) is 2.89. The number of hydrogen-bond acceptors (Lipinski definition) is 2. The Kier molecular flexibility index (Phi) is 3.39. The Balaban J connectivity index is 2.32. The highest BCUT2D eigenvalue weighted by atomic mass is 14.6. The molecule has 0 N–H and O–H groups in total. The fraction of sp³-hybridized carbons (Fsp3) is 0.333. The lowest BCUT2D eigenvalue weighted by Gasteiger charge is -2.06. The van der Waals surface area contributed by atoms with Gasteiger partial charge in [-0.15, -0.1) is 0 Å². The molecule has 0 unspecified atom stereocenters. The maximum Gasteiger partial charge on any atom is 0.101 e. The molecule has 0 spiro atoms. The van der Waals surface area contributed by atoms with Crippen LogP contribution < -0.4 is 0 Å². The normalized spacial score (nSPS) is 10.7. The molecule has 0 saturated carbocycles. The summed E-state index contributed by atoms with van der Waals surface area (Å²) in [7, 11) is 0. The van der Waals surface area contributed by atoms with Gasteiger partial charge in [0.1, 0.15) is 6.07 Å². The van der Waals surface area contributed by atoms with Crippen molar-refractivity contribution in [3.63, 3.8) is 0 Å². The minimum atomic E-state index is 0.624. The van der Waals surface area contributed by atoms with Crippen molar-refractivity contribution in [3.05, 3.63) is 41.6 Å². The number of benzene rings is 1. The minimum Gasteiger partial charge on any atom is -0.255 e. The summed E-state index contributed by atoms with van der Waals surface area (Å²) in [6, 6.07) is 10.3. The van der Waals surface area contributed by atoms with E-state index < -0.39 is 0 Å². The second-order valence-corrected chi connectivity index (χ2v) is 4.80. The van der Waals surface area contributed by atoms with Gasteiger partial charge >= 0.3 is 0 Å². The summed E-state index contributed by atoms with van der Waals surface area (Å²) in [6.07, 6.45) is 3.90. The summed E-state index contributed by atoms with van der Waals surface area (Å²) in [5.74, 6) is 0.717. The van der Waals surface area contributed by atoms with Crippen LogP contribution in [0, 0.1) is 17.2 Å². The molecule has 0 atom stereocenters. The zero-order valence-corrected chi connectivity index (χ0v) is 10.3. The van der Waals surface area contributed by atoms with Crippen molar-refractivity contribution < 1.29 is 0 Å². The van der Waals surface area contributed by atoms with E-state index in [-0.39, 0.29) is 0 Å². The van der Waals surface area contributed by atoms with Crippen molar-refractivity contribution in [2.75, 3.05) is 0 Å². The maximum absolute atomic E-state index is 8.85. The predicted octanol–water partition coefficient (Wildman–Crippen LogP) is 3.70. The van der Waals surface area contributed by atoms with E-state index in [0.717, 1.165) is 17.3 Å². The van der Waals surface area contributed by atoms with E-state index in [0.29, 0.717) is 11.5 Å². The molecule has 1 aromatic heterocycles. The zero-order valence-electron chi connectivity index (χ0n) is 10.3. The van der Waals surface area contributed by atoms with Crippen molar-refractivity contribution in [1.29, 1.82) is 5.26 Å². The van der Waals surface area contributed by atoms with Gasteiger partial charge in [-0.1, -0.05) is 19.9 Å². The molecular weight excluding hydrogens is 208 g/mol. The Morgan fingerprint density at radius 2 is 2.12 bits per heavy atom. The summed E-state index contributed by atoms with van der Waals surface area (Å²) in [5.41, 5.74) is 2.90. The molecule has 0 aliphatic carbocycles. The molecular formula is C15H16N2. The number of fused-ring (bicyclic) bond motifs is 1. The van der Waals surface area contributed by atoms with Crippen molar-refractivity contribution in [3.8, 4) is 6.07 Å².